The van der Waals surface area contributed by atoms with Gasteiger partial charge in [-0.25, -0.2) is 9.18 Å². The molecule has 0 spiro atoms. The van der Waals surface area contributed by atoms with Crippen molar-refractivity contribution in [2.45, 2.75) is 46.3 Å². The number of H-pyrrole nitrogens is 1. The van der Waals surface area contributed by atoms with Crippen LogP contribution in [0.5, 0.6) is 11.5 Å². The molecule has 0 atom stereocenters. The van der Waals surface area contributed by atoms with E-state index in [9.17, 15) is 19.1 Å². The van der Waals surface area contributed by atoms with E-state index >= 15 is 0 Å². The number of benzene rings is 2. The van der Waals surface area contributed by atoms with Gasteiger partial charge >= 0.3 is 6.09 Å². The summed E-state index contributed by atoms with van der Waals surface area (Å²) in [5, 5.41) is 10.8. The van der Waals surface area contributed by atoms with Crippen LogP contribution in [0.2, 0.25) is 0 Å². The van der Waals surface area contributed by atoms with Crippen LogP contribution in [0.1, 0.15) is 37.5 Å². The van der Waals surface area contributed by atoms with Crippen LogP contribution in [-0.2, 0) is 17.7 Å². The second kappa shape index (κ2) is 9.52. The number of phenols is 1. The lowest BCUT2D eigenvalue weighted by atomic mass is 10.0. The number of nitrogens with one attached hydrogen (secondary N) is 1. The van der Waals surface area contributed by atoms with Crippen LogP contribution in [-0.4, -0.2) is 40.3 Å². The zero-order chi connectivity index (χ0) is 24.3. The van der Waals surface area contributed by atoms with Crippen molar-refractivity contribution < 1.29 is 23.8 Å². The molecule has 0 saturated carbocycles. The predicted molar refractivity (Wildman–Crippen MR) is 124 cm³/mol. The first-order chi connectivity index (χ1) is 15.5. The average molecular weight is 457 g/mol. The number of fused-ring (bicyclic) bond motifs is 1. The van der Waals surface area contributed by atoms with E-state index in [1.807, 2.05) is 0 Å². The van der Waals surface area contributed by atoms with Crippen molar-refractivity contribution in [2.24, 2.45) is 0 Å². The van der Waals surface area contributed by atoms with Gasteiger partial charge in [-0.2, -0.15) is 0 Å². The summed E-state index contributed by atoms with van der Waals surface area (Å²) in [6, 6.07) is 9.35. The summed E-state index contributed by atoms with van der Waals surface area (Å²) in [5.41, 5.74) is 1.05. The van der Waals surface area contributed by atoms with Gasteiger partial charge in [0, 0.05) is 23.6 Å². The van der Waals surface area contributed by atoms with Gasteiger partial charge in [0.25, 0.3) is 0 Å². The summed E-state index contributed by atoms with van der Waals surface area (Å²) in [4.78, 5) is 28.7. The Kier molecular flexibility index (Phi) is 6.95. The van der Waals surface area contributed by atoms with E-state index in [0.717, 1.165) is 5.56 Å². The van der Waals surface area contributed by atoms with Crippen LogP contribution in [0.15, 0.2) is 41.2 Å². The van der Waals surface area contributed by atoms with Gasteiger partial charge in [-0.05, 0) is 69.5 Å². The maximum Gasteiger partial charge on any atom is 0.410 e. The van der Waals surface area contributed by atoms with Gasteiger partial charge in [-0.3, -0.25) is 4.79 Å². The molecule has 1 aromatic heterocycles. The van der Waals surface area contributed by atoms with Gasteiger partial charge < -0.3 is 24.5 Å². The molecule has 0 aliphatic heterocycles. The minimum absolute atomic E-state index is 0.0399. The van der Waals surface area contributed by atoms with E-state index in [2.05, 4.69) is 4.98 Å². The highest BCUT2D eigenvalue weighted by molar-refractivity contribution is 5.87. The molecule has 0 saturated heterocycles. The Hall–Kier alpha value is -3.55. The standard InChI is InChI=1S/C25H29FN2O5/c1-15-12-19(26)18(21(13-15)32-5)14-28(24(31)33-25(2,3)4)11-10-16-6-8-20(29)23-17(16)7-9-22(30)27-23/h6-9,12-13,29H,10-11,14H2,1-5H3,(H,27,30). The van der Waals surface area contributed by atoms with E-state index in [4.69, 9.17) is 9.47 Å². The number of carbonyl (C=O) groups excluding carboxylic acids is 1. The fraction of sp³-hybridized carbons (Fsp3) is 0.360. The number of pyridine rings is 1. The number of hydrogen-bond acceptors (Lipinski definition) is 5. The molecular formula is C25H29FN2O5. The van der Waals surface area contributed by atoms with E-state index in [-0.39, 0.29) is 30.0 Å². The summed E-state index contributed by atoms with van der Waals surface area (Å²) in [6.07, 6.45) is -0.196. The average Bonchev–Trinajstić information content (AvgIpc) is 2.72. The van der Waals surface area contributed by atoms with Crippen molar-refractivity contribution in [1.29, 1.82) is 0 Å². The third kappa shape index (κ3) is 5.83. The van der Waals surface area contributed by atoms with E-state index in [1.54, 1.807) is 45.9 Å². The highest BCUT2D eigenvalue weighted by Crippen LogP contribution is 2.28. The smallest absolute Gasteiger partial charge is 0.410 e. The van der Waals surface area contributed by atoms with Crippen molar-refractivity contribution >= 4 is 17.0 Å². The maximum absolute atomic E-state index is 14.8. The van der Waals surface area contributed by atoms with E-state index < -0.39 is 17.5 Å². The molecule has 0 unspecified atom stereocenters. The SMILES string of the molecule is COc1cc(C)cc(F)c1CN(CCc1ccc(O)c2[nH]c(=O)ccc12)C(=O)OC(C)(C)C. The zero-order valence-corrected chi connectivity index (χ0v) is 19.5. The minimum Gasteiger partial charge on any atom is -0.506 e. The molecule has 0 fully saturated rings. The summed E-state index contributed by atoms with van der Waals surface area (Å²) >= 11 is 0. The molecule has 0 aliphatic carbocycles. The molecule has 7 nitrogen and oxygen atoms in total. The summed E-state index contributed by atoms with van der Waals surface area (Å²) in [5.74, 6) is -0.149. The number of aryl methyl sites for hydroxylation is 1. The summed E-state index contributed by atoms with van der Waals surface area (Å²) in [6.45, 7) is 7.22. The number of nitrogens with zero attached hydrogens (tertiary/aromatic N) is 1. The lowest BCUT2D eigenvalue weighted by Gasteiger charge is -2.28. The van der Waals surface area contributed by atoms with Crippen LogP contribution in [0, 0.1) is 12.7 Å². The van der Waals surface area contributed by atoms with Gasteiger partial charge in [-0.15, -0.1) is 0 Å². The first kappa shape index (κ1) is 24.1. The number of ether oxygens (including phenoxy) is 2. The van der Waals surface area contributed by atoms with Gasteiger partial charge in [0.1, 0.15) is 22.9 Å². The van der Waals surface area contributed by atoms with Gasteiger partial charge in [0.05, 0.1) is 19.2 Å². The molecule has 3 aromatic rings. The molecule has 8 heteroatoms. The number of phenolic OH excluding ortho intramolecular Hbond substituents is 1. The Morgan fingerprint density at radius 1 is 1.18 bits per heavy atom. The quantitative estimate of drug-likeness (QED) is 0.562. The Balaban J connectivity index is 1.94. The predicted octanol–water partition coefficient (Wildman–Crippen LogP) is 4.67. The van der Waals surface area contributed by atoms with Gasteiger partial charge in [0.15, 0.2) is 0 Å². The number of aromatic nitrogens is 1. The van der Waals surface area contributed by atoms with Crippen molar-refractivity contribution in [2.75, 3.05) is 13.7 Å². The lowest BCUT2D eigenvalue weighted by molar-refractivity contribution is 0.0233. The number of aromatic amines is 1. The van der Waals surface area contributed by atoms with E-state index in [1.165, 1.54) is 30.2 Å². The highest BCUT2D eigenvalue weighted by Gasteiger charge is 2.25. The third-order valence-electron chi connectivity index (χ3n) is 5.13. The first-order valence-corrected chi connectivity index (χ1v) is 10.6. The van der Waals surface area contributed by atoms with Crippen LogP contribution < -0.4 is 10.3 Å². The third-order valence-corrected chi connectivity index (χ3v) is 5.13. The van der Waals surface area contributed by atoms with Gasteiger partial charge in [-0.1, -0.05) is 6.07 Å². The van der Waals surface area contributed by atoms with Crippen LogP contribution in [0.25, 0.3) is 10.9 Å². The Morgan fingerprint density at radius 2 is 1.91 bits per heavy atom. The van der Waals surface area contributed by atoms with Crippen molar-refractivity contribution in [3.63, 3.8) is 0 Å². The number of halogens is 1. The zero-order valence-electron chi connectivity index (χ0n) is 19.5. The molecule has 1 heterocycles. The number of hydrogen-bond donors (Lipinski definition) is 2. The molecule has 1 amide bonds. The topological polar surface area (TPSA) is 91.9 Å². The fourth-order valence-electron chi connectivity index (χ4n) is 3.60. The molecule has 176 valence electrons. The largest absolute Gasteiger partial charge is 0.506 e. The number of carbonyl (C=O) groups is 1. The van der Waals surface area contributed by atoms with Crippen LogP contribution in [0.3, 0.4) is 0 Å². The van der Waals surface area contributed by atoms with Crippen molar-refractivity contribution in [3.8, 4) is 11.5 Å². The molecule has 0 bridgehead atoms. The molecule has 0 aliphatic rings. The number of aromatic hydroxyl groups is 1. The molecule has 3 rings (SSSR count). The summed E-state index contributed by atoms with van der Waals surface area (Å²) < 4.78 is 25.7. The second-order valence-corrected chi connectivity index (χ2v) is 8.93. The van der Waals surface area contributed by atoms with E-state index in [0.29, 0.717) is 28.6 Å². The van der Waals surface area contributed by atoms with Crippen LogP contribution in [0.4, 0.5) is 9.18 Å². The Bertz CT molecular complexity index is 1230. The maximum atomic E-state index is 14.8. The Labute approximate surface area is 191 Å². The van der Waals surface area contributed by atoms with Crippen molar-refractivity contribution in [3.05, 3.63) is 69.3 Å². The number of rotatable bonds is 6. The second-order valence-electron chi connectivity index (χ2n) is 8.93. The summed E-state index contributed by atoms with van der Waals surface area (Å²) in [7, 11) is 1.46. The monoisotopic (exact) mass is 456 g/mol. The highest BCUT2D eigenvalue weighted by atomic mass is 19.1. The molecule has 2 aromatic carbocycles. The molecule has 0 radical (unpaired) electrons. The molecule has 2 N–H and O–H groups in total. The minimum atomic E-state index is -0.726. The van der Waals surface area contributed by atoms with Crippen molar-refractivity contribution in [1.82, 2.24) is 9.88 Å². The molecule has 33 heavy (non-hydrogen) atoms. The number of methoxy groups -OCH3 is 1. The molecular weight excluding hydrogens is 427 g/mol. The van der Waals surface area contributed by atoms with Crippen LogP contribution >= 0.6 is 0 Å². The Morgan fingerprint density at radius 3 is 2.58 bits per heavy atom. The van der Waals surface area contributed by atoms with Gasteiger partial charge in [0.2, 0.25) is 5.56 Å². The fourth-order valence-corrected chi connectivity index (χ4v) is 3.60. The lowest BCUT2D eigenvalue weighted by Crippen LogP contribution is -2.38. The first-order valence-electron chi connectivity index (χ1n) is 10.6. The normalized spacial score (nSPS) is 11.5. The number of amides is 1.